The van der Waals surface area contributed by atoms with E-state index in [2.05, 4.69) is 6.92 Å². The lowest BCUT2D eigenvalue weighted by Crippen LogP contribution is -2.33. The number of unbranched alkanes of at least 4 members (excludes halogenated alkanes) is 4. The molecule has 0 fully saturated rings. The first kappa shape index (κ1) is 19.8. The van der Waals surface area contributed by atoms with Crippen LogP contribution in [-0.4, -0.2) is 38.9 Å². The summed E-state index contributed by atoms with van der Waals surface area (Å²) in [6, 6.07) is 0. The van der Waals surface area contributed by atoms with Crippen molar-refractivity contribution >= 4 is 0 Å². The molecule has 0 rings (SSSR count). The van der Waals surface area contributed by atoms with E-state index in [1.165, 1.54) is 0 Å². The molecule has 4 atom stereocenters. The van der Waals surface area contributed by atoms with Crippen molar-refractivity contribution in [3.63, 3.8) is 0 Å². The molecule has 0 radical (unpaired) electrons. The summed E-state index contributed by atoms with van der Waals surface area (Å²) in [7, 11) is 0. The van der Waals surface area contributed by atoms with Crippen LogP contribution >= 0.6 is 0 Å². The molecular formula is C16H34O4. The van der Waals surface area contributed by atoms with Crippen LogP contribution in [-0.2, 0) is 0 Å². The summed E-state index contributed by atoms with van der Waals surface area (Å²) in [5.74, 6) is 0.185. The molecule has 0 aromatic carbocycles. The fourth-order valence-corrected chi connectivity index (χ4v) is 2.59. The molecule has 0 heterocycles. The zero-order valence-electron chi connectivity index (χ0n) is 13.3. The van der Waals surface area contributed by atoms with Gasteiger partial charge in [0, 0.05) is 5.92 Å². The molecule has 0 aromatic heterocycles. The van der Waals surface area contributed by atoms with E-state index in [0.29, 0.717) is 6.42 Å². The highest BCUT2D eigenvalue weighted by molar-refractivity contribution is 4.76. The topological polar surface area (TPSA) is 80.9 Å². The van der Waals surface area contributed by atoms with Crippen molar-refractivity contribution in [2.45, 2.75) is 90.6 Å². The van der Waals surface area contributed by atoms with Crippen LogP contribution in [0, 0.1) is 11.8 Å². The first-order valence-corrected chi connectivity index (χ1v) is 8.12. The second-order valence-corrected chi connectivity index (χ2v) is 6.08. The third kappa shape index (κ3) is 8.90. The number of aliphatic hydroxyl groups excluding tert-OH is 3. The van der Waals surface area contributed by atoms with Crippen LogP contribution in [0.4, 0.5) is 0 Å². The lowest BCUT2D eigenvalue weighted by molar-refractivity contribution is -0.0466. The molecule has 0 saturated heterocycles. The minimum absolute atomic E-state index is 0.0778. The predicted molar refractivity (Wildman–Crippen MR) is 81.2 cm³/mol. The molecule has 122 valence electrons. The summed E-state index contributed by atoms with van der Waals surface area (Å²) in [5.41, 5.74) is 0. The predicted octanol–water partition coefficient (Wildman–Crippen LogP) is 2.43. The van der Waals surface area contributed by atoms with Crippen LogP contribution in [0.3, 0.4) is 0 Å². The Morgan fingerprint density at radius 3 is 1.70 bits per heavy atom. The van der Waals surface area contributed by atoms with Crippen LogP contribution in [0.1, 0.15) is 72.1 Å². The molecule has 0 saturated carbocycles. The molecule has 4 heteroatoms. The van der Waals surface area contributed by atoms with Crippen molar-refractivity contribution in [1.29, 1.82) is 0 Å². The normalized spacial score (nSPS) is 18.0. The number of aliphatic hydroxyl groups is 4. The van der Waals surface area contributed by atoms with Crippen molar-refractivity contribution in [3.8, 4) is 0 Å². The maximum absolute atomic E-state index is 10.2. The number of hydrogen-bond acceptors (Lipinski definition) is 4. The SMILES string of the molecule is CCC(CCCCCCCC(O)O)C(O)C(C)C(C)O. The van der Waals surface area contributed by atoms with Gasteiger partial charge in [0.2, 0.25) is 0 Å². The zero-order chi connectivity index (χ0) is 15.5. The van der Waals surface area contributed by atoms with E-state index < -0.39 is 18.5 Å². The van der Waals surface area contributed by atoms with Gasteiger partial charge in [-0.15, -0.1) is 0 Å². The van der Waals surface area contributed by atoms with Crippen molar-refractivity contribution < 1.29 is 20.4 Å². The van der Waals surface area contributed by atoms with Gasteiger partial charge in [-0.2, -0.15) is 0 Å². The lowest BCUT2D eigenvalue weighted by atomic mass is 9.84. The third-order valence-corrected chi connectivity index (χ3v) is 4.34. The highest BCUT2D eigenvalue weighted by atomic mass is 16.5. The smallest absolute Gasteiger partial charge is 0.151 e. The fraction of sp³-hybridized carbons (Fsp3) is 1.00. The highest BCUT2D eigenvalue weighted by Crippen LogP contribution is 2.24. The third-order valence-electron chi connectivity index (χ3n) is 4.34. The van der Waals surface area contributed by atoms with Gasteiger partial charge in [0.25, 0.3) is 0 Å². The molecule has 4 unspecified atom stereocenters. The maximum Gasteiger partial charge on any atom is 0.151 e. The van der Waals surface area contributed by atoms with E-state index in [1.54, 1.807) is 6.92 Å². The Balaban J connectivity index is 3.74. The number of rotatable bonds is 12. The molecule has 0 amide bonds. The van der Waals surface area contributed by atoms with Gasteiger partial charge in [0.05, 0.1) is 12.2 Å². The summed E-state index contributed by atoms with van der Waals surface area (Å²) in [5, 5.41) is 37.2. The summed E-state index contributed by atoms with van der Waals surface area (Å²) in [6.07, 6.45) is 5.53. The molecular weight excluding hydrogens is 256 g/mol. The van der Waals surface area contributed by atoms with Crippen LogP contribution in [0.25, 0.3) is 0 Å². The second-order valence-electron chi connectivity index (χ2n) is 6.08. The van der Waals surface area contributed by atoms with Gasteiger partial charge in [-0.1, -0.05) is 46.0 Å². The minimum atomic E-state index is -1.17. The Morgan fingerprint density at radius 1 is 0.750 bits per heavy atom. The van der Waals surface area contributed by atoms with Gasteiger partial charge in [-0.25, -0.2) is 0 Å². The summed E-state index contributed by atoms with van der Waals surface area (Å²) < 4.78 is 0. The van der Waals surface area contributed by atoms with Gasteiger partial charge >= 0.3 is 0 Å². The quantitative estimate of drug-likeness (QED) is 0.329. The van der Waals surface area contributed by atoms with Crippen molar-refractivity contribution in [2.75, 3.05) is 0 Å². The standard InChI is InChI=1S/C16H34O4/c1-4-14(16(20)12(2)13(3)17)10-8-6-5-7-9-11-15(18)19/h12-20H,4-11H2,1-3H3. The van der Waals surface area contributed by atoms with E-state index in [1.807, 2.05) is 6.92 Å². The monoisotopic (exact) mass is 290 g/mol. The Labute approximate surface area is 123 Å². The van der Waals surface area contributed by atoms with Gasteiger partial charge in [0.15, 0.2) is 6.29 Å². The molecule has 0 aliphatic rings. The molecule has 0 bridgehead atoms. The van der Waals surface area contributed by atoms with Crippen LogP contribution < -0.4 is 0 Å². The van der Waals surface area contributed by atoms with E-state index >= 15 is 0 Å². The van der Waals surface area contributed by atoms with Gasteiger partial charge in [0.1, 0.15) is 0 Å². The Bertz CT molecular complexity index is 219. The molecule has 0 aliphatic carbocycles. The first-order valence-electron chi connectivity index (χ1n) is 8.12. The molecule has 20 heavy (non-hydrogen) atoms. The minimum Gasteiger partial charge on any atom is -0.393 e. The van der Waals surface area contributed by atoms with Crippen LogP contribution in [0.2, 0.25) is 0 Å². The van der Waals surface area contributed by atoms with Crippen LogP contribution in [0.5, 0.6) is 0 Å². The van der Waals surface area contributed by atoms with Gasteiger partial charge < -0.3 is 20.4 Å². The van der Waals surface area contributed by atoms with E-state index in [0.717, 1.165) is 44.9 Å². The summed E-state index contributed by atoms with van der Waals surface area (Å²) in [6.45, 7) is 5.72. The lowest BCUT2D eigenvalue weighted by Gasteiger charge is -2.28. The number of hydrogen-bond donors (Lipinski definition) is 4. The van der Waals surface area contributed by atoms with Crippen molar-refractivity contribution in [3.05, 3.63) is 0 Å². The average Bonchev–Trinajstić information content (AvgIpc) is 2.40. The van der Waals surface area contributed by atoms with Crippen molar-refractivity contribution in [1.82, 2.24) is 0 Å². The second kappa shape index (κ2) is 11.5. The summed E-state index contributed by atoms with van der Waals surface area (Å²) >= 11 is 0. The van der Waals surface area contributed by atoms with Crippen LogP contribution in [0.15, 0.2) is 0 Å². The van der Waals surface area contributed by atoms with E-state index in [4.69, 9.17) is 10.2 Å². The average molecular weight is 290 g/mol. The Kier molecular flexibility index (Phi) is 11.4. The Morgan fingerprint density at radius 2 is 1.25 bits per heavy atom. The van der Waals surface area contributed by atoms with Crippen molar-refractivity contribution in [2.24, 2.45) is 11.8 Å². The Hall–Kier alpha value is -0.160. The summed E-state index contributed by atoms with van der Waals surface area (Å²) in [4.78, 5) is 0. The molecule has 0 aliphatic heterocycles. The largest absolute Gasteiger partial charge is 0.393 e. The maximum atomic E-state index is 10.2. The highest BCUT2D eigenvalue weighted by Gasteiger charge is 2.25. The van der Waals surface area contributed by atoms with E-state index in [9.17, 15) is 10.2 Å². The van der Waals surface area contributed by atoms with E-state index in [-0.39, 0.29) is 11.8 Å². The zero-order valence-corrected chi connectivity index (χ0v) is 13.3. The molecule has 0 spiro atoms. The molecule has 4 nitrogen and oxygen atoms in total. The van der Waals surface area contributed by atoms with Gasteiger partial charge in [-0.3, -0.25) is 0 Å². The van der Waals surface area contributed by atoms with Gasteiger partial charge in [-0.05, 0) is 32.1 Å². The molecule has 0 aromatic rings. The molecule has 4 N–H and O–H groups in total. The fourth-order valence-electron chi connectivity index (χ4n) is 2.59. The first-order chi connectivity index (χ1) is 9.40.